The maximum absolute atomic E-state index is 3.29. The zero-order valence-electron chi connectivity index (χ0n) is 20.5. The summed E-state index contributed by atoms with van der Waals surface area (Å²) in [4.78, 5) is 0. The SMILES string of the molecule is CC1=[C-]CC=C1c1ccccc1.CC1=[C-]CC=C1c1ccccc1.[CH3][Ge](=[Hf+2])[c]1ccccc1.[Cl-].[Cl-]. The Labute approximate surface area is 239 Å². The molecule has 0 fully saturated rings. The fourth-order valence-corrected chi connectivity index (χ4v) is 8.27. The largest absolute Gasteiger partial charge is 1.00 e. The molecule has 0 heterocycles. The van der Waals surface area contributed by atoms with Crippen LogP contribution in [0.1, 0.15) is 37.8 Å². The summed E-state index contributed by atoms with van der Waals surface area (Å²) in [6, 6.07) is 31.8. The summed E-state index contributed by atoms with van der Waals surface area (Å²) in [7, 11) is -0.627. The number of allylic oxidation sites excluding steroid dienone is 8. The summed E-state index contributed by atoms with van der Waals surface area (Å²) in [6.07, 6.45) is 13.0. The van der Waals surface area contributed by atoms with Gasteiger partial charge in [-0.05, 0) is 0 Å². The molecule has 3 aromatic carbocycles. The molecule has 0 atom stereocenters. The van der Waals surface area contributed by atoms with Gasteiger partial charge in [0.25, 0.3) is 0 Å². The molecule has 0 aliphatic heterocycles. The van der Waals surface area contributed by atoms with Crippen LogP contribution in [0.15, 0.2) is 114 Å². The molecule has 0 nitrogen and oxygen atoms in total. The Morgan fingerprint density at radius 3 is 1.20 bits per heavy atom. The van der Waals surface area contributed by atoms with E-state index >= 15 is 0 Å². The van der Waals surface area contributed by atoms with Crippen LogP contribution in [0.5, 0.6) is 0 Å². The first kappa shape index (κ1) is 31.6. The average molecular weight is 725 g/mol. The Hall–Kier alpha value is -1.39. The van der Waals surface area contributed by atoms with Gasteiger partial charge in [0, 0.05) is 0 Å². The van der Waals surface area contributed by atoms with Crippen molar-refractivity contribution >= 4 is 25.6 Å². The van der Waals surface area contributed by atoms with Crippen molar-refractivity contribution in [3.8, 4) is 0 Å². The van der Waals surface area contributed by atoms with Crippen LogP contribution in [0, 0.1) is 12.2 Å². The van der Waals surface area contributed by atoms with Crippen molar-refractivity contribution in [1.82, 2.24) is 0 Å². The van der Waals surface area contributed by atoms with E-state index in [1.807, 2.05) is 12.1 Å². The molecule has 5 rings (SSSR count). The maximum Gasteiger partial charge on any atom is -1.00 e. The zero-order chi connectivity index (χ0) is 23.5. The summed E-state index contributed by atoms with van der Waals surface area (Å²) in [5, 5.41) is 0. The number of hydrogen-bond acceptors (Lipinski definition) is 0. The van der Waals surface area contributed by atoms with Gasteiger partial charge < -0.3 is 24.8 Å². The molecule has 0 unspecified atom stereocenters. The van der Waals surface area contributed by atoms with Gasteiger partial charge >= 0.3 is 71.8 Å². The van der Waals surface area contributed by atoms with E-state index in [4.69, 9.17) is 0 Å². The Morgan fingerprint density at radius 2 is 0.943 bits per heavy atom. The van der Waals surface area contributed by atoms with Gasteiger partial charge in [0.2, 0.25) is 0 Å². The second kappa shape index (κ2) is 17.1. The third kappa shape index (κ3) is 10.2. The van der Waals surface area contributed by atoms with Gasteiger partial charge in [-0.25, -0.2) is 11.1 Å². The van der Waals surface area contributed by atoms with Gasteiger partial charge in [-0.3, -0.25) is 12.2 Å². The maximum atomic E-state index is 3.29. The fourth-order valence-electron chi connectivity index (χ4n) is 3.70. The van der Waals surface area contributed by atoms with Crippen LogP contribution in [0.3, 0.4) is 0 Å². The van der Waals surface area contributed by atoms with Crippen molar-refractivity contribution < 1.29 is 46.1 Å². The number of hydrogen-bond donors (Lipinski definition) is 0. The van der Waals surface area contributed by atoms with E-state index in [1.165, 1.54) is 54.7 Å². The minimum absolute atomic E-state index is 0. The van der Waals surface area contributed by atoms with E-state index in [9.17, 15) is 0 Å². The predicted octanol–water partition coefficient (Wildman–Crippen LogP) is 1.52. The molecule has 35 heavy (non-hydrogen) atoms. The van der Waals surface area contributed by atoms with Gasteiger partial charge in [0.05, 0.1) is 0 Å². The molecule has 0 aromatic heterocycles. The van der Waals surface area contributed by atoms with Crippen molar-refractivity contribution in [1.29, 1.82) is 0 Å². The summed E-state index contributed by atoms with van der Waals surface area (Å²) >= 11 is 1.42. The van der Waals surface area contributed by atoms with Gasteiger partial charge in [0.1, 0.15) is 0 Å². The Balaban J connectivity index is 0.000000258. The van der Waals surface area contributed by atoms with E-state index in [1.54, 1.807) is 4.40 Å². The van der Waals surface area contributed by atoms with Crippen LogP contribution in [-0.2, 0) is 21.3 Å². The second-order valence-electron chi connectivity index (χ2n) is 7.97. The van der Waals surface area contributed by atoms with Crippen molar-refractivity contribution in [3.63, 3.8) is 0 Å². The van der Waals surface area contributed by atoms with Crippen LogP contribution in [-0.4, -0.2) is 10.1 Å². The van der Waals surface area contributed by atoms with Crippen molar-refractivity contribution in [2.75, 3.05) is 0 Å². The minimum Gasteiger partial charge on any atom is -1.00 e. The normalized spacial score (nSPS) is 13.2. The minimum atomic E-state index is -0.627. The van der Waals surface area contributed by atoms with Crippen LogP contribution in [0.25, 0.3) is 11.1 Å². The molecule has 2 aliphatic carbocycles. The van der Waals surface area contributed by atoms with E-state index in [-0.39, 0.29) is 24.8 Å². The molecule has 0 radical (unpaired) electrons. The van der Waals surface area contributed by atoms with Gasteiger partial charge in [-0.15, -0.1) is 24.0 Å². The summed E-state index contributed by atoms with van der Waals surface area (Å²) < 4.78 is 1.64. The first-order valence-electron chi connectivity index (χ1n) is 11.3. The summed E-state index contributed by atoms with van der Waals surface area (Å²) in [6.45, 7) is 4.23. The standard InChI is InChI=1S/2C12H11.C7H8Ge.2ClH.Hf/c2*1-10-6-5-9-12(10)11-7-3-2-4-8-11;1-8-7-5-3-2-4-6-7;;;/h2*2-4,7-9H,5H2,1H3;2-6H,1H3;2*1H;/q2*-1;;;;+2/p-2. The van der Waals surface area contributed by atoms with Gasteiger partial charge in [0.15, 0.2) is 0 Å². The molecule has 0 spiro atoms. The van der Waals surface area contributed by atoms with Crippen LogP contribution in [0.4, 0.5) is 0 Å². The molecule has 0 saturated heterocycles. The molecular weight excluding hydrogens is 694 g/mol. The van der Waals surface area contributed by atoms with Crippen molar-refractivity contribution in [2.24, 2.45) is 0 Å². The molecule has 0 N–H and O–H groups in total. The molecule has 178 valence electrons. The van der Waals surface area contributed by atoms with Gasteiger partial charge in [-0.2, -0.15) is 23.3 Å². The fraction of sp³-hybridized carbons (Fsp3) is 0.161. The number of benzene rings is 3. The molecule has 3 aromatic rings. The number of rotatable bonds is 3. The van der Waals surface area contributed by atoms with Crippen molar-refractivity contribution in [3.05, 3.63) is 138 Å². The first-order valence-corrected chi connectivity index (χ1v) is 24.9. The second-order valence-corrected chi connectivity index (χ2v) is 25.8. The smallest absolute Gasteiger partial charge is 1.00 e. The quantitative estimate of drug-likeness (QED) is 0.284. The average Bonchev–Trinajstić information content (AvgIpc) is 3.49. The van der Waals surface area contributed by atoms with Crippen molar-refractivity contribution in [2.45, 2.75) is 32.4 Å². The van der Waals surface area contributed by atoms with E-state index in [0.717, 1.165) is 12.8 Å². The Morgan fingerprint density at radius 1 is 0.600 bits per heavy atom. The Bertz CT molecular complexity index is 1110. The topological polar surface area (TPSA) is 0 Å². The van der Waals surface area contributed by atoms with Crippen LogP contribution >= 0.6 is 0 Å². The van der Waals surface area contributed by atoms with Crippen LogP contribution < -0.4 is 29.2 Å². The van der Waals surface area contributed by atoms with E-state index in [2.05, 4.69) is 123 Å². The van der Waals surface area contributed by atoms with E-state index in [0.29, 0.717) is 0 Å². The third-order valence-electron chi connectivity index (χ3n) is 5.53. The molecule has 2 aliphatic rings. The summed E-state index contributed by atoms with van der Waals surface area (Å²) in [5.41, 5.74) is 7.86. The van der Waals surface area contributed by atoms with E-state index < -0.39 is 10.1 Å². The monoisotopic (exact) mass is 726 g/mol. The Kier molecular flexibility index (Phi) is 15.5. The third-order valence-corrected chi connectivity index (χ3v) is 13.4. The molecule has 0 amide bonds. The molecule has 0 saturated carbocycles. The molecule has 4 heteroatoms. The predicted molar refractivity (Wildman–Crippen MR) is 141 cm³/mol. The molecular formula is C31H30Cl2GeHf-2. The van der Waals surface area contributed by atoms with Crippen LogP contribution in [0.2, 0.25) is 5.76 Å². The molecule has 0 bridgehead atoms. The van der Waals surface area contributed by atoms with Gasteiger partial charge in [-0.1, -0.05) is 74.5 Å². The summed E-state index contributed by atoms with van der Waals surface area (Å²) in [5.74, 6) is 2.43. The first-order chi connectivity index (χ1) is 16.1. The number of halogens is 2. The zero-order valence-corrected chi connectivity index (χ0v) is 27.7.